The minimum atomic E-state index is -0.168. The van der Waals surface area contributed by atoms with Gasteiger partial charge in [-0.2, -0.15) is 4.52 Å². The number of imidazole rings is 1. The molecule has 0 aliphatic carbocycles. The standard InChI is InChI=1S/C26H34N6OS2/c1-16(2)21(19-9-8-14-34-19)27-20(33)15-31(7)25-30-32-23(29-26(4,5)6)22(28-24(32)35-25)18-12-10-17(3)11-13-18/h8-14,16,21,29H,15H2,1-7H3,(H,27,33)/t21-/m0/s1. The van der Waals surface area contributed by atoms with Crippen LogP contribution in [0.4, 0.5) is 10.9 Å². The average Bonchev–Trinajstić information content (AvgIpc) is 3.49. The van der Waals surface area contributed by atoms with Crippen molar-refractivity contribution in [2.75, 3.05) is 23.8 Å². The molecule has 3 heterocycles. The van der Waals surface area contributed by atoms with Crippen LogP contribution in [0.25, 0.3) is 16.2 Å². The Labute approximate surface area is 215 Å². The quantitative estimate of drug-likeness (QED) is 0.305. The van der Waals surface area contributed by atoms with Crippen LogP contribution in [-0.2, 0) is 4.79 Å². The molecule has 0 fully saturated rings. The van der Waals surface area contributed by atoms with Crippen LogP contribution in [0, 0.1) is 12.8 Å². The second-order valence-electron chi connectivity index (χ2n) is 10.3. The summed E-state index contributed by atoms with van der Waals surface area (Å²) >= 11 is 3.15. The lowest BCUT2D eigenvalue weighted by molar-refractivity contribution is -0.120. The van der Waals surface area contributed by atoms with Gasteiger partial charge in [-0.25, -0.2) is 4.98 Å². The van der Waals surface area contributed by atoms with Crippen LogP contribution in [-0.4, -0.2) is 39.6 Å². The molecule has 0 unspecified atom stereocenters. The third-order valence-electron chi connectivity index (χ3n) is 5.55. The van der Waals surface area contributed by atoms with Gasteiger partial charge in [0.25, 0.3) is 0 Å². The molecule has 0 saturated heterocycles. The predicted molar refractivity (Wildman–Crippen MR) is 148 cm³/mol. The van der Waals surface area contributed by atoms with E-state index in [1.807, 2.05) is 27.9 Å². The van der Waals surface area contributed by atoms with Crippen LogP contribution in [0.3, 0.4) is 0 Å². The number of hydrogen-bond acceptors (Lipinski definition) is 7. The Morgan fingerprint density at radius 1 is 1.17 bits per heavy atom. The normalized spacial score (nSPS) is 12.8. The van der Waals surface area contributed by atoms with Crippen LogP contribution in [0.5, 0.6) is 0 Å². The number of nitrogens with zero attached hydrogens (tertiary/aromatic N) is 4. The molecule has 1 amide bonds. The summed E-state index contributed by atoms with van der Waals surface area (Å²) in [6, 6.07) is 12.5. The predicted octanol–water partition coefficient (Wildman–Crippen LogP) is 5.99. The first-order chi connectivity index (χ1) is 16.5. The number of rotatable bonds is 8. The second kappa shape index (κ2) is 9.99. The number of fused-ring (bicyclic) bond motifs is 1. The molecule has 3 aromatic heterocycles. The zero-order chi connectivity index (χ0) is 25.3. The maximum atomic E-state index is 12.9. The molecular weight excluding hydrogens is 476 g/mol. The number of nitrogens with one attached hydrogen (secondary N) is 2. The smallest absolute Gasteiger partial charge is 0.240 e. The number of thiophene rings is 1. The number of hydrogen-bond donors (Lipinski definition) is 2. The second-order valence-corrected chi connectivity index (χ2v) is 12.2. The van der Waals surface area contributed by atoms with Gasteiger partial charge in [0, 0.05) is 23.0 Å². The number of aryl methyl sites for hydroxylation is 1. The number of amides is 1. The lowest BCUT2D eigenvalue weighted by Gasteiger charge is -2.23. The minimum absolute atomic E-state index is 0.00386. The molecule has 0 bridgehead atoms. The highest BCUT2D eigenvalue weighted by Gasteiger charge is 2.24. The Balaban J connectivity index is 1.58. The Morgan fingerprint density at radius 2 is 1.89 bits per heavy atom. The lowest BCUT2D eigenvalue weighted by atomic mass is 10.0. The summed E-state index contributed by atoms with van der Waals surface area (Å²) in [6.45, 7) is 12.9. The van der Waals surface area contributed by atoms with E-state index >= 15 is 0 Å². The summed E-state index contributed by atoms with van der Waals surface area (Å²) in [5, 5.41) is 14.4. The molecule has 2 N–H and O–H groups in total. The van der Waals surface area contributed by atoms with Gasteiger partial charge in [-0.05, 0) is 45.1 Å². The van der Waals surface area contributed by atoms with Gasteiger partial charge in [-0.3, -0.25) is 4.79 Å². The van der Waals surface area contributed by atoms with Crippen molar-refractivity contribution >= 4 is 44.5 Å². The van der Waals surface area contributed by atoms with Crippen LogP contribution >= 0.6 is 22.7 Å². The molecule has 0 spiro atoms. The molecule has 0 aliphatic heterocycles. The molecule has 4 aromatic rings. The zero-order valence-corrected chi connectivity index (χ0v) is 23.0. The maximum Gasteiger partial charge on any atom is 0.240 e. The van der Waals surface area contributed by atoms with Gasteiger partial charge >= 0.3 is 0 Å². The summed E-state index contributed by atoms with van der Waals surface area (Å²) < 4.78 is 1.86. The van der Waals surface area contributed by atoms with E-state index in [-0.39, 0.29) is 24.0 Å². The fraction of sp³-hybridized carbons (Fsp3) is 0.423. The van der Waals surface area contributed by atoms with Crippen molar-refractivity contribution in [1.82, 2.24) is 19.9 Å². The summed E-state index contributed by atoms with van der Waals surface area (Å²) in [6.07, 6.45) is 0. The third kappa shape index (κ3) is 5.85. The van der Waals surface area contributed by atoms with Crippen LogP contribution in [0.2, 0.25) is 0 Å². The Morgan fingerprint density at radius 3 is 2.49 bits per heavy atom. The number of aromatic nitrogens is 3. The van der Waals surface area contributed by atoms with E-state index in [1.54, 1.807) is 11.3 Å². The minimum Gasteiger partial charge on any atom is -0.364 e. The van der Waals surface area contributed by atoms with Crippen molar-refractivity contribution in [1.29, 1.82) is 0 Å². The third-order valence-corrected chi connectivity index (χ3v) is 7.53. The molecule has 35 heavy (non-hydrogen) atoms. The average molecular weight is 511 g/mol. The van der Waals surface area contributed by atoms with E-state index in [9.17, 15) is 4.79 Å². The van der Waals surface area contributed by atoms with E-state index in [0.717, 1.165) is 27.2 Å². The molecule has 9 heteroatoms. The molecule has 4 rings (SSSR count). The highest BCUT2D eigenvalue weighted by molar-refractivity contribution is 7.20. The van der Waals surface area contributed by atoms with Gasteiger partial charge in [0.15, 0.2) is 5.82 Å². The first-order valence-electron chi connectivity index (χ1n) is 11.8. The largest absolute Gasteiger partial charge is 0.364 e. The molecule has 7 nitrogen and oxygen atoms in total. The SMILES string of the molecule is Cc1ccc(-c2nc3sc(N(C)CC(=O)N[C@H](c4cccs4)C(C)C)nn3c2NC(C)(C)C)cc1. The van der Waals surface area contributed by atoms with Crippen molar-refractivity contribution in [2.45, 2.75) is 53.1 Å². The molecule has 1 aromatic carbocycles. The first kappa shape index (κ1) is 25.2. The molecular formula is C26H34N6OS2. The van der Waals surface area contributed by atoms with Gasteiger partial charge in [0.2, 0.25) is 16.0 Å². The van der Waals surface area contributed by atoms with Crippen molar-refractivity contribution in [3.8, 4) is 11.3 Å². The molecule has 0 aliphatic rings. The lowest BCUT2D eigenvalue weighted by Crippen LogP contribution is -2.38. The van der Waals surface area contributed by atoms with Crippen molar-refractivity contribution in [2.24, 2.45) is 5.92 Å². The molecule has 186 valence electrons. The van der Waals surface area contributed by atoms with Crippen LogP contribution in [0.1, 0.15) is 51.1 Å². The Bertz CT molecular complexity index is 1280. The van der Waals surface area contributed by atoms with E-state index in [0.29, 0.717) is 5.92 Å². The van der Waals surface area contributed by atoms with E-state index < -0.39 is 0 Å². The van der Waals surface area contributed by atoms with Gasteiger partial charge < -0.3 is 15.5 Å². The zero-order valence-electron chi connectivity index (χ0n) is 21.4. The monoisotopic (exact) mass is 510 g/mol. The highest BCUT2D eigenvalue weighted by atomic mass is 32.1. The Hall–Kier alpha value is -2.91. The fourth-order valence-electron chi connectivity index (χ4n) is 3.81. The molecule has 0 radical (unpaired) electrons. The first-order valence-corrected chi connectivity index (χ1v) is 13.5. The maximum absolute atomic E-state index is 12.9. The number of anilines is 2. The number of carbonyl (C=O) groups excluding carboxylic acids is 1. The summed E-state index contributed by atoms with van der Waals surface area (Å²) in [7, 11) is 1.89. The van der Waals surface area contributed by atoms with Crippen molar-refractivity contribution < 1.29 is 4.79 Å². The topological polar surface area (TPSA) is 74.6 Å². The van der Waals surface area contributed by atoms with E-state index in [4.69, 9.17) is 10.1 Å². The Kier molecular flexibility index (Phi) is 7.19. The van der Waals surface area contributed by atoms with E-state index in [1.165, 1.54) is 21.8 Å². The van der Waals surface area contributed by atoms with Gasteiger partial charge in [-0.1, -0.05) is 61.1 Å². The van der Waals surface area contributed by atoms with Crippen LogP contribution < -0.4 is 15.5 Å². The number of carbonyl (C=O) groups is 1. The summed E-state index contributed by atoms with van der Waals surface area (Å²) in [4.78, 5) is 21.7. The summed E-state index contributed by atoms with van der Waals surface area (Å²) in [5.74, 6) is 1.13. The van der Waals surface area contributed by atoms with E-state index in [2.05, 4.69) is 82.5 Å². The molecule has 1 atom stereocenters. The number of likely N-dealkylation sites (N-methyl/N-ethyl adjacent to an activating group) is 1. The fourth-order valence-corrected chi connectivity index (χ4v) is 5.62. The van der Waals surface area contributed by atoms with Crippen molar-refractivity contribution in [3.05, 3.63) is 52.2 Å². The van der Waals surface area contributed by atoms with Crippen molar-refractivity contribution in [3.63, 3.8) is 0 Å². The molecule has 0 saturated carbocycles. The van der Waals surface area contributed by atoms with Gasteiger partial charge in [0.1, 0.15) is 5.69 Å². The summed E-state index contributed by atoms with van der Waals surface area (Å²) in [5.41, 5.74) is 2.96. The van der Waals surface area contributed by atoms with Gasteiger partial charge in [0.05, 0.1) is 12.6 Å². The van der Waals surface area contributed by atoms with Crippen LogP contribution in [0.15, 0.2) is 41.8 Å². The number of benzene rings is 1. The highest BCUT2D eigenvalue weighted by Crippen LogP contribution is 2.34. The van der Waals surface area contributed by atoms with Gasteiger partial charge in [-0.15, -0.1) is 16.4 Å².